The summed E-state index contributed by atoms with van der Waals surface area (Å²) in [6.45, 7) is 14.6. The maximum Gasteiger partial charge on any atom is 0.330 e. The van der Waals surface area contributed by atoms with Crippen molar-refractivity contribution in [2.45, 2.75) is 106 Å². The van der Waals surface area contributed by atoms with Gasteiger partial charge >= 0.3 is 5.97 Å². The van der Waals surface area contributed by atoms with E-state index in [1.54, 1.807) is 6.92 Å². The molecule has 5 nitrogen and oxygen atoms in total. The quantitative estimate of drug-likeness (QED) is 0.474. The Morgan fingerprint density at radius 1 is 1.14 bits per heavy atom. The number of carboxylic acid groups (broad SMARTS) is 1. The van der Waals surface area contributed by atoms with Crippen molar-refractivity contribution in [3.05, 3.63) is 22.8 Å². The zero-order valence-corrected chi connectivity index (χ0v) is 22.7. The molecular formula is C30H44O5. The van der Waals surface area contributed by atoms with Crippen molar-refractivity contribution < 1.29 is 24.6 Å². The van der Waals surface area contributed by atoms with Gasteiger partial charge in [0.1, 0.15) is 5.78 Å². The lowest BCUT2D eigenvalue weighted by atomic mass is 9.42. The average Bonchev–Trinajstić information content (AvgIpc) is 3.03. The number of allylic oxidation sites excluding steroid dienone is 2. The first kappa shape index (κ1) is 26.3. The highest BCUT2D eigenvalue weighted by atomic mass is 16.4. The Hall–Kier alpha value is -1.75. The fourth-order valence-corrected chi connectivity index (χ4v) is 9.05. The van der Waals surface area contributed by atoms with Gasteiger partial charge in [0.2, 0.25) is 0 Å². The SMILES string of the molecule is CC(=CCC[C@@H](C)[C@H]1CC[C@@]2(C)C3=C([C@H](O)C[C@]12C)[C@@]1(C)CCC(=O)C(C)(C)[C@@H]1CC3=O)C(=O)O. The second kappa shape index (κ2) is 8.39. The Kier molecular flexibility index (Phi) is 6.31. The van der Waals surface area contributed by atoms with Gasteiger partial charge in [-0.05, 0) is 79.6 Å². The minimum atomic E-state index is -0.872. The highest BCUT2D eigenvalue weighted by Crippen LogP contribution is 2.71. The van der Waals surface area contributed by atoms with E-state index in [0.717, 1.165) is 36.8 Å². The summed E-state index contributed by atoms with van der Waals surface area (Å²) in [7, 11) is 0. The van der Waals surface area contributed by atoms with Crippen LogP contribution in [0.25, 0.3) is 0 Å². The van der Waals surface area contributed by atoms with Crippen molar-refractivity contribution in [1.29, 1.82) is 0 Å². The van der Waals surface area contributed by atoms with E-state index in [-0.39, 0.29) is 33.7 Å². The van der Waals surface area contributed by atoms with Gasteiger partial charge in [0.25, 0.3) is 0 Å². The van der Waals surface area contributed by atoms with Crippen LogP contribution >= 0.6 is 0 Å². The molecule has 194 valence electrons. The van der Waals surface area contributed by atoms with E-state index < -0.39 is 17.5 Å². The topological polar surface area (TPSA) is 91.7 Å². The number of rotatable bonds is 5. The number of aliphatic hydroxyl groups is 1. The minimum absolute atomic E-state index is 0.0644. The summed E-state index contributed by atoms with van der Waals surface area (Å²) < 4.78 is 0. The van der Waals surface area contributed by atoms with Gasteiger partial charge < -0.3 is 10.2 Å². The summed E-state index contributed by atoms with van der Waals surface area (Å²) in [6, 6.07) is 0. The Labute approximate surface area is 210 Å². The largest absolute Gasteiger partial charge is 0.478 e. The zero-order valence-electron chi connectivity index (χ0n) is 22.7. The van der Waals surface area contributed by atoms with Crippen LogP contribution in [0.3, 0.4) is 0 Å². The molecule has 2 saturated carbocycles. The molecule has 5 heteroatoms. The van der Waals surface area contributed by atoms with Crippen molar-refractivity contribution in [3.8, 4) is 0 Å². The molecule has 0 aromatic rings. The molecule has 0 saturated heterocycles. The van der Waals surface area contributed by atoms with Gasteiger partial charge in [-0.1, -0.05) is 47.6 Å². The van der Waals surface area contributed by atoms with Crippen LogP contribution in [0.4, 0.5) is 0 Å². The van der Waals surface area contributed by atoms with Crippen LogP contribution in [0.5, 0.6) is 0 Å². The highest BCUT2D eigenvalue weighted by molar-refractivity contribution is 6.01. The van der Waals surface area contributed by atoms with Crippen molar-refractivity contribution in [2.24, 2.45) is 39.4 Å². The first-order chi connectivity index (χ1) is 16.1. The zero-order chi connectivity index (χ0) is 26.1. The number of Topliss-reactive ketones (excluding diaryl/α,β-unsaturated/α-hetero) is 2. The fourth-order valence-electron chi connectivity index (χ4n) is 9.05. The van der Waals surface area contributed by atoms with E-state index >= 15 is 0 Å². The molecule has 7 atom stereocenters. The number of carboxylic acids is 1. The Balaban J connectivity index is 1.71. The van der Waals surface area contributed by atoms with Gasteiger partial charge in [0, 0.05) is 34.8 Å². The van der Waals surface area contributed by atoms with Crippen LogP contribution in [-0.4, -0.2) is 33.9 Å². The number of aliphatic carboxylic acids is 1. The van der Waals surface area contributed by atoms with Gasteiger partial charge in [0.15, 0.2) is 5.78 Å². The lowest BCUT2D eigenvalue weighted by Gasteiger charge is -2.61. The summed E-state index contributed by atoms with van der Waals surface area (Å²) in [5, 5.41) is 20.9. The van der Waals surface area contributed by atoms with E-state index in [0.29, 0.717) is 43.1 Å². The van der Waals surface area contributed by atoms with E-state index in [1.165, 1.54) is 0 Å². The summed E-state index contributed by atoms with van der Waals surface area (Å²) >= 11 is 0. The Morgan fingerprint density at radius 2 is 1.80 bits per heavy atom. The summed E-state index contributed by atoms with van der Waals surface area (Å²) in [5.74, 6) is 0.166. The lowest BCUT2D eigenvalue weighted by molar-refractivity contribution is -0.144. The first-order valence-corrected chi connectivity index (χ1v) is 13.5. The molecule has 4 aliphatic carbocycles. The van der Waals surface area contributed by atoms with Crippen LogP contribution in [0.2, 0.25) is 0 Å². The van der Waals surface area contributed by atoms with Gasteiger partial charge in [-0.3, -0.25) is 9.59 Å². The van der Waals surface area contributed by atoms with Crippen LogP contribution < -0.4 is 0 Å². The average molecular weight is 485 g/mol. The second-order valence-corrected chi connectivity index (χ2v) is 13.4. The molecule has 0 heterocycles. The molecular weight excluding hydrogens is 440 g/mol. The molecule has 0 radical (unpaired) electrons. The number of carbonyl (C=O) groups excluding carboxylic acids is 2. The fraction of sp³-hybridized carbons (Fsp3) is 0.767. The molecule has 2 N–H and O–H groups in total. The maximum atomic E-state index is 13.9. The third kappa shape index (κ3) is 3.62. The summed E-state index contributed by atoms with van der Waals surface area (Å²) in [4.78, 5) is 37.9. The van der Waals surface area contributed by atoms with Gasteiger partial charge in [0.05, 0.1) is 6.10 Å². The van der Waals surface area contributed by atoms with Crippen molar-refractivity contribution in [3.63, 3.8) is 0 Å². The van der Waals surface area contributed by atoms with Crippen LogP contribution in [0.15, 0.2) is 22.8 Å². The maximum absolute atomic E-state index is 13.9. The molecule has 0 bridgehead atoms. The van der Waals surface area contributed by atoms with Gasteiger partial charge in [-0.15, -0.1) is 0 Å². The Bertz CT molecular complexity index is 1020. The van der Waals surface area contributed by atoms with Crippen molar-refractivity contribution in [2.75, 3.05) is 0 Å². The van der Waals surface area contributed by atoms with E-state index in [2.05, 4.69) is 27.7 Å². The number of hydrogen-bond acceptors (Lipinski definition) is 4. The number of ketones is 2. The van der Waals surface area contributed by atoms with E-state index in [4.69, 9.17) is 5.11 Å². The summed E-state index contributed by atoms with van der Waals surface area (Å²) in [6.07, 6.45) is 6.97. The Morgan fingerprint density at radius 3 is 2.43 bits per heavy atom. The third-order valence-corrected chi connectivity index (χ3v) is 11.4. The predicted octanol–water partition coefficient (Wildman–Crippen LogP) is 5.90. The monoisotopic (exact) mass is 484 g/mol. The minimum Gasteiger partial charge on any atom is -0.478 e. The first-order valence-electron chi connectivity index (χ1n) is 13.5. The van der Waals surface area contributed by atoms with E-state index in [9.17, 15) is 19.5 Å². The molecule has 0 unspecified atom stereocenters. The van der Waals surface area contributed by atoms with Gasteiger partial charge in [-0.2, -0.15) is 0 Å². The predicted molar refractivity (Wildman–Crippen MR) is 136 cm³/mol. The number of fused-ring (bicyclic) bond motifs is 4. The van der Waals surface area contributed by atoms with Crippen molar-refractivity contribution in [1.82, 2.24) is 0 Å². The lowest BCUT2D eigenvalue weighted by Crippen LogP contribution is -2.59. The molecule has 4 aliphatic rings. The number of aliphatic hydroxyl groups excluding tert-OH is 1. The van der Waals surface area contributed by atoms with Gasteiger partial charge in [-0.25, -0.2) is 4.79 Å². The third-order valence-electron chi connectivity index (χ3n) is 11.4. The molecule has 2 fully saturated rings. The standard InChI is InChI=1S/C30H44O5/c1-17(9-8-10-18(2)26(34)35)19-11-14-29(6)25-20(31)15-22-27(3,4)23(33)12-13-28(22,5)24(25)21(32)16-30(19,29)7/h10,17,19,21-22,32H,8-9,11-16H2,1-7H3,(H,34,35)/t17-,19-,21-,22+,28+,29+,30-/m1/s1. The highest BCUT2D eigenvalue weighted by Gasteiger charge is 2.67. The second-order valence-electron chi connectivity index (χ2n) is 13.4. The van der Waals surface area contributed by atoms with Crippen LogP contribution in [0, 0.1) is 39.4 Å². The molecule has 4 rings (SSSR count). The molecule has 35 heavy (non-hydrogen) atoms. The molecule has 0 amide bonds. The normalized spacial score (nSPS) is 41.8. The van der Waals surface area contributed by atoms with Crippen molar-refractivity contribution >= 4 is 17.5 Å². The molecule has 0 aromatic carbocycles. The molecule has 0 aromatic heterocycles. The molecule has 0 aliphatic heterocycles. The number of hydrogen-bond donors (Lipinski definition) is 2. The van der Waals surface area contributed by atoms with E-state index in [1.807, 2.05) is 19.9 Å². The van der Waals surface area contributed by atoms with Crippen LogP contribution in [0.1, 0.15) is 99.8 Å². The number of carbonyl (C=O) groups is 3. The summed E-state index contributed by atoms with van der Waals surface area (Å²) in [5.41, 5.74) is 0.849. The van der Waals surface area contributed by atoms with Crippen LogP contribution in [-0.2, 0) is 14.4 Å². The molecule has 0 spiro atoms. The smallest absolute Gasteiger partial charge is 0.330 e.